The van der Waals surface area contributed by atoms with Crippen LogP contribution < -0.4 is 0 Å². The molecule has 2 nitrogen and oxygen atoms in total. The van der Waals surface area contributed by atoms with E-state index in [-0.39, 0.29) is 21.7 Å². The van der Waals surface area contributed by atoms with Crippen LogP contribution in [0, 0.1) is 21.7 Å². The van der Waals surface area contributed by atoms with E-state index in [4.69, 9.17) is 0 Å². The highest BCUT2D eigenvalue weighted by Crippen LogP contribution is 2.54. The van der Waals surface area contributed by atoms with Gasteiger partial charge in [-0.2, -0.15) is 0 Å². The summed E-state index contributed by atoms with van der Waals surface area (Å²) in [6.45, 7) is 17.9. The zero-order valence-corrected chi connectivity index (χ0v) is 17.8. The summed E-state index contributed by atoms with van der Waals surface area (Å²) in [7, 11) is 0. The molecule has 0 amide bonds. The minimum Gasteiger partial charge on any atom is -0.507 e. The van der Waals surface area contributed by atoms with E-state index < -0.39 is 0 Å². The second-order valence-corrected chi connectivity index (χ2v) is 11.3. The maximum atomic E-state index is 10.4. The Balaban J connectivity index is 2.30. The van der Waals surface area contributed by atoms with Gasteiger partial charge in [0, 0.05) is 9.81 Å². The summed E-state index contributed by atoms with van der Waals surface area (Å²) in [6, 6.07) is 0. The molecule has 2 aliphatic carbocycles. The summed E-state index contributed by atoms with van der Waals surface area (Å²) in [5, 5.41) is 20.8. The summed E-state index contributed by atoms with van der Waals surface area (Å²) in [4.78, 5) is 1.90. The molecule has 0 spiro atoms. The van der Waals surface area contributed by atoms with Gasteiger partial charge in [0.15, 0.2) is 0 Å². The molecule has 2 unspecified atom stereocenters. The molecule has 0 heterocycles. The first-order chi connectivity index (χ1) is 11.2. The molecule has 0 bridgehead atoms. The van der Waals surface area contributed by atoms with Gasteiger partial charge in [-0.15, -0.1) is 0 Å². The quantitative estimate of drug-likeness (QED) is 0.542. The first-order valence-electron chi connectivity index (χ1n) is 9.09. The van der Waals surface area contributed by atoms with E-state index in [9.17, 15) is 10.2 Å². The number of allylic oxidation sites excluding steroid dienone is 6. The number of aliphatic hydroxyl groups excluding tert-OH is 2. The molecular weight excluding hydrogens is 328 g/mol. The van der Waals surface area contributed by atoms with Crippen LogP contribution in [-0.2, 0) is 0 Å². The Labute approximate surface area is 157 Å². The monoisotopic (exact) mass is 362 g/mol. The molecule has 0 aromatic rings. The van der Waals surface area contributed by atoms with Crippen molar-refractivity contribution in [3.8, 4) is 0 Å². The van der Waals surface area contributed by atoms with Crippen molar-refractivity contribution in [2.75, 3.05) is 0 Å². The second-order valence-electron chi connectivity index (χ2n) is 10.1. The van der Waals surface area contributed by atoms with E-state index >= 15 is 0 Å². The van der Waals surface area contributed by atoms with Crippen LogP contribution in [0.5, 0.6) is 0 Å². The Kier molecular flexibility index (Phi) is 5.07. The molecular formula is C22H34O2S. The van der Waals surface area contributed by atoms with Gasteiger partial charge in [-0.05, 0) is 46.7 Å². The predicted molar refractivity (Wildman–Crippen MR) is 110 cm³/mol. The van der Waals surface area contributed by atoms with Crippen molar-refractivity contribution < 1.29 is 10.2 Å². The van der Waals surface area contributed by atoms with Crippen LogP contribution in [0.3, 0.4) is 0 Å². The van der Waals surface area contributed by atoms with Crippen molar-refractivity contribution in [3.63, 3.8) is 0 Å². The molecule has 2 atom stereocenters. The topological polar surface area (TPSA) is 40.5 Å². The third kappa shape index (κ3) is 3.86. The standard InChI is InChI=1S/C22H34O2S/c1-19(2,3)21(7)11-9-15(23)17(13-21)25-18-14-22(8,20(4,5)6)12-10-16(18)24/h9-12,23-24H,13-14H2,1-8H3. The maximum absolute atomic E-state index is 10.4. The van der Waals surface area contributed by atoms with Crippen LogP contribution in [0.1, 0.15) is 68.2 Å². The van der Waals surface area contributed by atoms with Crippen LogP contribution in [0.15, 0.2) is 45.6 Å². The lowest BCUT2D eigenvalue weighted by molar-refractivity contribution is 0.164. The molecule has 2 N–H and O–H groups in total. The minimum atomic E-state index is -0.0183. The molecule has 2 aliphatic rings. The number of hydrogen-bond donors (Lipinski definition) is 2. The smallest absolute Gasteiger partial charge is 0.125 e. The Morgan fingerprint density at radius 1 is 0.760 bits per heavy atom. The summed E-state index contributed by atoms with van der Waals surface area (Å²) in [5.74, 6) is 0.665. The lowest BCUT2D eigenvalue weighted by atomic mass is 9.64. The maximum Gasteiger partial charge on any atom is 0.125 e. The van der Waals surface area contributed by atoms with Crippen LogP contribution in [-0.4, -0.2) is 10.2 Å². The van der Waals surface area contributed by atoms with E-state index in [2.05, 4.69) is 67.5 Å². The normalized spacial score (nSPS) is 31.0. The van der Waals surface area contributed by atoms with Crippen molar-refractivity contribution in [2.45, 2.75) is 68.2 Å². The van der Waals surface area contributed by atoms with E-state index in [1.54, 1.807) is 11.8 Å². The zero-order valence-electron chi connectivity index (χ0n) is 17.0. The molecule has 25 heavy (non-hydrogen) atoms. The molecule has 0 aromatic heterocycles. The van der Waals surface area contributed by atoms with Crippen molar-refractivity contribution >= 4 is 11.8 Å². The van der Waals surface area contributed by atoms with Gasteiger partial charge in [0.2, 0.25) is 0 Å². The lowest BCUT2D eigenvalue weighted by Gasteiger charge is -2.43. The summed E-state index contributed by atoms with van der Waals surface area (Å²) in [5.41, 5.74) is 0.156. The van der Waals surface area contributed by atoms with Crippen molar-refractivity contribution in [1.29, 1.82) is 0 Å². The lowest BCUT2D eigenvalue weighted by Crippen LogP contribution is -2.33. The third-order valence-corrected chi connectivity index (χ3v) is 7.72. The van der Waals surface area contributed by atoms with E-state index in [0.717, 1.165) is 22.7 Å². The third-order valence-electron chi connectivity index (χ3n) is 6.52. The second kappa shape index (κ2) is 6.26. The Bertz CT molecular complexity index is 609. The van der Waals surface area contributed by atoms with Gasteiger partial charge in [-0.25, -0.2) is 0 Å². The number of aliphatic hydroxyl groups is 2. The van der Waals surface area contributed by atoms with Gasteiger partial charge in [0.25, 0.3) is 0 Å². The highest BCUT2D eigenvalue weighted by molar-refractivity contribution is 8.06. The molecule has 0 fully saturated rings. The van der Waals surface area contributed by atoms with Crippen molar-refractivity contribution in [3.05, 3.63) is 45.6 Å². The molecule has 3 heteroatoms. The largest absolute Gasteiger partial charge is 0.507 e. The van der Waals surface area contributed by atoms with Crippen LogP contribution in [0.2, 0.25) is 0 Å². The molecule has 0 saturated carbocycles. The summed E-state index contributed by atoms with van der Waals surface area (Å²) < 4.78 is 0. The van der Waals surface area contributed by atoms with Crippen LogP contribution in [0.25, 0.3) is 0 Å². The van der Waals surface area contributed by atoms with E-state index in [1.165, 1.54) is 0 Å². The Morgan fingerprint density at radius 2 is 1.08 bits per heavy atom. The fourth-order valence-corrected chi connectivity index (χ4v) is 4.42. The van der Waals surface area contributed by atoms with Crippen LogP contribution >= 0.6 is 11.8 Å². The number of rotatable bonds is 2. The van der Waals surface area contributed by atoms with E-state index in [0.29, 0.717) is 11.5 Å². The fourth-order valence-electron chi connectivity index (χ4n) is 3.03. The van der Waals surface area contributed by atoms with Gasteiger partial charge in [-0.1, -0.05) is 79.3 Å². The van der Waals surface area contributed by atoms with E-state index in [1.807, 2.05) is 12.2 Å². The number of hydrogen-bond acceptors (Lipinski definition) is 3. The van der Waals surface area contributed by atoms with Gasteiger partial charge in [0.05, 0.1) is 0 Å². The SMILES string of the molecule is CC(C)(C)C1(C)C=CC(O)=C(SC2=C(O)C=CC(C)(C(C)(C)C)C2)C1. The first-order valence-corrected chi connectivity index (χ1v) is 9.91. The van der Waals surface area contributed by atoms with Gasteiger partial charge >= 0.3 is 0 Å². The Morgan fingerprint density at radius 3 is 1.36 bits per heavy atom. The van der Waals surface area contributed by atoms with Crippen molar-refractivity contribution in [1.82, 2.24) is 0 Å². The Hall–Kier alpha value is -1.09. The summed E-state index contributed by atoms with van der Waals surface area (Å²) >= 11 is 1.55. The zero-order chi connectivity index (χ0) is 19.3. The summed E-state index contributed by atoms with van der Waals surface area (Å²) in [6.07, 6.45) is 9.49. The van der Waals surface area contributed by atoms with Gasteiger partial charge < -0.3 is 10.2 Å². The molecule has 2 rings (SSSR count). The number of thioether (sulfide) groups is 1. The average Bonchev–Trinajstić information content (AvgIpc) is 2.44. The van der Waals surface area contributed by atoms with Crippen molar-refractivity contribution in [2.24, 2.45) is 21.7 Å². The molecule has 0 aromatic carbocycles. The fraction of sp³-hybridized carbons (Fsp3) is 0.636. The molecule has 0 radical (unpaired) electrons. The van der Waals surface area contributed by atoms with Crippen LogP contribution in [0.4, 0.5) is 0 Å². The van der Waals surface area contributed by atoms with Gasteiger partial charge in [-0.3, -0.25) is 0 Å². The minimum absolute atomic E-state index is 0.0183. The highest BCUT2D eigenvalue weighted by Gasteiger charge is 2.41. The average molecular weight is 363 g/mol. The highest BCUT2D eigenvalue weighted by atomic mass is 32.2. The molecule has 0 aliphatic heterocycles. The molecule has 140 valence electrons. The molecule has 0 saturated heterocycles. The van der Waals surface area contributed by atoms with Gasteiger partial charge in [0.1, 0.15) is 11.5 Å². The predicted octanol–water partition coefficient (Wildman–Crippen LogP) is 7.28. The first kappa shape index (κ1) is 20.2.